The van der Waals surface area contributed by atoms with Crippen molar-refractivity contribution in [3.05, 3.63) is 27.3 Å². The van der Waals surface area contributed by atoms with Crippen molar-refractivity contribution in [1.29, 1.82) is 5.26 Å². The van der Waals surface area contributed by atoms with Gasteiger partial charge in [-0.3, -0.25) is 0 Å². The minimum absolute atomic E-state index is 0.0428. The number of nitrogens with two attached hydrogens (primary N) is 1. The number of aliphatic hydroxyl groups is 1. The number of fused-ring (bicyclic) bond motifs is 6. The second kappa shape index (κ2) is 10.1. The number of hydrogen-bond donors (Lipinski definition) is 3. The summed E-state index contributed by atoms with van der Waals surface area (Å²) in [6.07, 6.45) is 9.12. The van der Waals surface area contributed by atoms with Gasteiger partial charge in [-0.25, -0.2) is 14.6 Å². The van der Waals surface area contributed by atoms with Crippen molar-refractivity contribution < 1.29 is 14.4 Å². The molecule has 0 bridgehead atoms. The molecule has 7 heterocycles. The number of piperidine rings is 1. The first-order valence-corrected chi connectivity index (χ1v) is 17.6. The van der Waals surface area contributed by atoms with Crippen LogP contribution in [0.2, 0.25) is 0 Å². The first kappa shape index (κ1) is 28.5. The van der Waals surface area contributed by atoms with Crippen molar-refractivity contribution in [1.82, 2.24) is 30.2 Å². The van der Waals surface area contributed by atoms with E-state index in [2.05, 4.69) is 23.2 Å². The zero-order chi connectivity index (χ0) is 31.4. The molecular weight excluding hydrogens is 602 g/mol. The normalized spacial score (nSPS) is 29.1. The molecule has 2 fully saturated rings. The van der Waals surface area contributed by atoms with Crippen LogP contribution in [0.25, 0.3) is 22.6 Å². The number of thiophene rings is 1. The summed E-state index contributed by atoms with van der Waals surface area (Å²) in [6, 6.07) is 2.79. The fourth-order valence-electron chi connectivity index (χ4n) is 9.00. The highest BCUT2D eigenvalue weighted by Gasteiger charge is 2.49. The maximum atomic E-state index is 11.2. The van der Waals surface area contributed by atoms with Crippen molar-refractivity contribution in [2.24, 2.45) is 0 Å². The third kappa shape index (κ3) is 4.02. The van der Waals surface area contributed by atoms with Crippen LogP contribution in [-0.4, -0.2) is 67.4 Å². The summed E-state index contributed by atoms with van der Waals surface area (Å²) in [7, 11) is 0. The van der Waals surface area contributed by atoms with Crippen molar-refractivity contribution in [2.75, 3.05) is 30.3 Å². The number of aromatic nitrogens is 5. The topological polar surface area (TPSA) is 164 Å². The Morgan fingerprint density at radius 3 is 2.83 bits per heavy atom. The molecular formula is C33H39N9O3S. The average molecular weight is 642 g/mol. The van der Waals surface area contributed by atoms with E-state index in [1.54, 1.807) is 11.3 Å². The standard InChI is InChI=1S/C33H39N9O3S/c1-17(21-7-5-13-36-21)42-30-23-29(41-16-32(2,43)12-9-18(41)15-44-31(23)39-42)37-28(38-30)25-19-6-3-10-33(26(19)45-40-25)11-4-8-22-24(33)20(14-34)27(35)46-22/h17-18,21,36,43H,3-13,15-16,35H2,1-2H3. The first-order valence-electron chi connectivity index (χ1n) is 16.7. The number of nitrogens with one attached hydrogen (secondary N) is 1. The number of aryl methyl sites for hydroxylation is 1. The molecule has 46 heavy (non-hydrogen) atoms. The van der Waals surface area contributed by atoms with E-state index >= 15 is 0 Å². The Morgan fingerprint density at radius 2 is 2.02 bits per heavy atom. The maximum absolute atomic E-state index is 11.2. The zero-order valence-corrected chi connectivity index (χ0v) is 27.1. The van der Waals surface area contributed by atoms with Crippen LogP contribution in [0.15, 0.2) is 4.52 Å². The molecule has 5 unspecified atom stereocenters. The van der Waals surface area contributed by atoms with Gasteiger partial charge in [0.05, 0.1) is 28.7 Å². The molecule has 12 nitrogen and oxygen atoms in total. The lowest BCUT2D eigenvalue weighted by Crippen LogP contribution is -2.53. The summed E-state index contributed by atoms with van der Waals surface area (Å²) in [5, 5.41) is 36.1. The van der Waals surface area contributed by atoms with Crippen LogP contribution in [-0.2, 0) is 18.3 Å². The van der Waals surface area contributed by atoms with Gasteiger partial charge in [-0.1, -0.05) is 5.16 Å². The van der Waals surface area contributed by atoms with Crippen LogP contribution in [0, 0.1) is 11.3 Å². The van der Waals surface area contributed by atoms with Gasteiger partial charge in [0.25, 0.3) is 0 Å². The molecule has 0 radical (unpaired) electrons. The number of anilines is 2. The van der Waals surface area contributed by atoms with Crippen molar-refractivity contribution in [3.8, 4) is 23.5 Å². The highest BCUT2D eigenvalue weighted by atomic mass is 32.1. The molecule has 0 saturated carbocycles. The SMILES string of the molecule is CC(C1CCCN1)n1nc2c3c(nc(-c4noc5c4CCCC54CCCc5sc(N)c(C#N)c54)nc31)N1CC(C)(O)CCC1CO2. The second-order valence-corrected chi connectivity index (χ2v) is 15.4. The van der Waals surface area contributed by atoms with Crippen LogP contribution < -0.4 is 20.7 Å². The molecule has 5 aliphatic rings. The molecule has 3 aliphatic heterocycles. The minimum atomic E-state index is -0.853. The first-order chi connectivity index (χ1) is 22.3. The van der Waals surface area contributed by atoms with E-state index in [9.17, 15) is 10.4 Å². The third-order valence-corrected chi connectivity index (χ3v) is 12.4. The molecule has 2 aliphatic carbocycles. The number of rotatable bonds is 3. The van der Waals surface area contributed by atoms with Crippen LogP contribution in [0.5, 0.6) is 5.88 Å². The van der Waals surface area contributed by atoms with Crippen molar-refractivity contribution in [2.45, 2.75) is 107 Å². The maximum Gasteiger partial charge on any atom is 0.246 e. The minimum Gasteiger partial charge on any atom is -0.474 e. The van der Waals surface area contributed by atoms with Gasteiger partial charge in [0.1, 0.15) is 28.9 Å². The fraction of sp³-hybridized carbons (Fsp3) is 0.606. The highest BCUT2D eigenvalue weighted by molar-refractivity contribution is 7.16. The lowest BCUT2D eigenvalue weighted by Gasteiger charge is -2.42. The van der Waals surface area contributed by atoms with E-state index in [0.717, 1.165) is 92.4 Å². The lowest BCUT2D eigenvalue weighted by atomic mass is 9.63. The number of ether oxygens (including phenoxy) is 1. The van der Waals surface area contributed by atoms with Crippen LogP contribution in [0.1, 0.15) is 98.6 Å². The lowest BCUT2D eigenvalue weighted by molar-refractivity contribution is 0.0321. The Hall–Kier alpha value is -3.73. The van der Waals surface area contributed by atoms with Gasteiger partial charge in [-0.2, -0.15) is 5.26 Å². The van der Waals surface area contributed by atoms with Crippen LogP contribution in [0.3, 0.4) is 0 Å². The van der Waals surface area contributed by atoms with Gasteiger partial charge < -0.3 is 30.3 Å². The van der Waals surface area contributed by atoms with E-state index in [0.29, 0.717) is 53.2 Å². The predicted octanol–water partition coefficient (Wildman–Crippen LogP) is 4.38. The Morgan fingerprint density at radius 1 is 1.17 bits per heavy atom. The molecule has 5 atom stereocenters. The van der Waals surface area contributed by atoms with E-state index < -0.39 is 11.0 Å². The summed E-state index contributed by atoms with van der Waals surface area (Å²) < 4.78 is 14.7. The van der Waals surface area contributed by atoms with Crippen LogP contribution >= 0.6 is 11.3 Å². The Bertz CT molecular complexity index is 1910. The molecule has 2 saturated heterocycles. The van der Waals surface area contributed by atoms with Gasteiger partial charge in [0.15, 0.2) is 22.9 Å². The largest absolute Gasteiger partial charge is 0.474 e. The third-order valence-electron chi connectivity index (χ3n) is 11.3. The van der Waals surface area contributed by atoms with Crippen molar-refractivity contribution in [3.63, 3.8) is 0 Å². The zero-order valence-electron chi connectivity index (χ0n) is 26.3. The second-order valence-electron chi connectivity index (χ2n) is 14.3. The molecule has 4 aromatic heterocycles. The predicted molar refractivity (Wildman–Crippen MR) is 173 cm³/mol. The molecule has 0 aromatic carbocycles. The monoisotopic (exact) mass is 641 g/mol. The molecule has 13 heteroatoms. The Kier molecular flexibility index (Phi) is 6.28. The molecule has 1 spiro atoms. The average Bonchev–Trinajstić information content (AvgIpc) is 3.84. The molecule has 9 rings (SSSR count). The van der Waals surface area contributed by atoms with Crippen LogP contribution in [0.4, 0.5) is 10.8 Å². The number of nitriles is 1. The molecule has 240 valence electrons. The summed E-state index contributed by atoms with van der Waals surface area (Å²) in [6.45, 7) is 5.98. The summed E-state index contributed by atoms with van der Waals surface area (Å²) in [5.74, 6) is 2.61. The van der Waals surface area contributed by atoms with Gasteiger partial charge in [0, 0.05) is 23.0 Å². The fourth-order valence-corrected chi connectivity index (χ4v) is 10.2. The van der Waals surface area contributed by atoms with E-state index in [1.807, 2.05) is 11.6 Å². The summed E-state index contributed by atoms with van der Waals surface area (Å²) in [4.78, 5) is 13.8. The summed E-state index contributed by atoms with van der Waals surface area (Å²) in [5.41, 5.74) is 9.12. The van der Waals surface area contributed by atoms with Gasteiger partial charge in [-0.15, -0.1) is 16.4 Å². The smallest absolute Gasteiger partial charge is 0.246 e. The van der Waals surface area contributed by atoms with Gasteiger partial charge >= 0.3 is 0 Å². The Labute approximate surface area is 270 Å². The van der Waals surface area contributed by atoms with Gasteiger partial charge in [0.2, 0.25) is 5.88 Å². The van der Waals surface area contributed by atoms with E-state index in [1.165, 1.54) is 4.88 Å². The molecule has 4 N–H and O–H groups in total. The van der Waals surface area contributed by atoms with Gasteiger partial charge in [-0.05, 0) is 90.2 Å². The quantitative estimate of drug-likeness (QED) is 0.291. The number of nitrogen functional groups attached to an aromatic ring is 1. The van der Waals surface area contributed by atoms with E-state index in [-0.39, 0.29) is 18.1 Å². The van der Waals surface area contributed by atoms with E-state index in [4.69, 9.17) is 35.2 Å². The number of nitrogens with zero attached hydrogens (tertiary/aromatic N) is 7. The molecule has 0 amide bonds. The van der Waals surface area contributed by atoms with Crippen molar-refractivity contribution >= 4 is 33.2 Å². The Balaban J connectivity index is 1.24. The molecule has 4 aromatic rings. The number of hydrogen-bond acceptors (Lipinski definition) is 12. The summed E-state index contributed by atoms with van der Waals surface area (Å²) >= 11 is 1.54. The highest BCUT2D eigenvalue weighted by Crippen LogP contribution is 2.55.